The molecule has 0 bridgehead atoms. The third kappa shape index (κ3) is 4.60. The highest BCUT2D eigenvalue weighted by Gasteiger charge is 2.32. The van der Waals surface area contributed by atoms with E-state index in [2.05, 4.69) is 4.99 Å². The van der Waals surface area contributed by atoms with Crippen molar-refractivity contribution in [3.8, 4) is 11.5 Å². The highest BCUT2D eigenvalue weighted by atomic mass is 32.2. The smallest absolute Gasteiger partial charge is 0.335 e. The zero-order valence-electron chi connectivity index (χ0n) is 16.0. The lowest BCUT2D eigenvalue weighted by Crippen LogP contribution is -2.28. The molecule has 0 unspecified atom stereocenters. The number of ether oxygens (including phenoxy) is 1. The van der Waals surface area contributed by atoms with Crippen molar-refractivity contribution < 1.29 is 24.5 Å². The fourth-order valence-corrected chi connectivity index (χ4v) is 3.79. The third-order valence-electron chi connectivity index (χ3n) is 4.10. The van der Waals surface area contributed by atoms with Gasteiger partial charge in [0.15, 0.2) is 16.7 Å². The maximum absolute atomic E-state index is 12.8. The molecule has 0 aromatic heterocycles. The number of benzene rings is 2. The van der Waals surface area contributed by atoms with Gasteiger partial charge in [-0.05, 0) is 67.6 Å². The lowest BCUT2D eigenvalue weighted by Gasteiger charge is -2.12. The number of carbonyl (C=O) groups excluding carboxylic acids is 1. The Kier molecular flexibility index (Phi) is 6.23. The summed E-state index contributed by atoms with van der Waals surface area (Å²) < 4.78 is 5.39. The van der Waals surface area contributed by atoms with E-state index in [1.807, 2.05) is 13.8 Å². The number of aromatic carboxylic acids is 1. The van der Waals surface area contributed by atoms with Crippen LogP contribution in [0.25, 0.3) is 6.08 Å². The van der Waals surface area contributed by atoms with Crippen LogP contribution in [0.4, 0.5) is 5.69 Å². The van der Waals surface area contributed by atoms with Gasteiger partial charge in [0.1, 0.15) is 0 Å². The minimum absolute atomic E-state index is 0.0372. The van der Waals surface area contributed by atoms with Crippen molar-refractivity contribution >= 4 is 40.6 Å². The molecule has 1 aliphatic heterocycles. The van der Waals surface area contributed by atoms with E-state index in [-0.39, 0.29) is 17.2 Å². The van der Waals surface area contributed by atoms with Gasteiger partial charge in [0.25, 0.3) is 5.91 Å². The first-order chi connectivity index (χ1) is 13.9. The van der Waals surface area contributed by atoms with Gasteiger partial charge in [-0.1, -0.05) is 12.1 Å². The van der Waals surface area contributed by atoms with Crippen molar-refractivity contribution in [3.63, 3.8) is 0 Å². The maximum Gasteiger partial charge on any atom is 0.335 e. The number of nitrogens with zero attached hydrogens (tertiary/aromatic N) is 2. The molecule has 2 N–H and O–H groups in total. The molecule has 1 saturated heterocycles. The summed E-state index contributed by atoms with van der Waals surface area (Å²) in [5.74, 6) is -0.830. The monoisotopic (exact) mass is 412 g/mol. The van der Waals surface area contributed by atoms with E-state index in [1.165, 1.54) is 34.9 Å². The molecule has 2 aromatic carbocycles. The standard InChI is InChI=1S/C21H20N2O5S/c1-3-23-19(25)18(11-13-8-9-16(24)17(10-13)28-4-2)29-21(23)22-15-7-5-6-14(12-15)20(26)27/h5-12,24H,3-4H2,1-2H3,(H,26,27)/b18-11+,22-21?. The normalized spacial score (nSPS) is 16.6. The summed E-state index contributed by atoms with van der Waals surface area (Å²) in [6, 6.07) is 11.1. The Morgan fingerprint density at radius 1 is 1.24 bits per heavy atom. The average molecular weight is 412 g/mol. The summed E-state index contributed by atoms with van der Waals surface area (Å²) in [4.78, 5) is 30.4. The fourth-order valence-electron chi connectivity index (χ4n) is 2.73. The van der Waals surface area contributed by atoms with E-state index < -0.39 is 5.97 Å². The summed E-state index contributed by atoms with van der Waals surface area (Å²) in [7, 11) is 0. The van der Waals surface area contributed by atoms with Crippen LogP contribution in [0.5, 0.6) is 11.5 Å². The van der Waals surface area contributed by atoms with Crippen molar-refractivity contribution in [1.82, 2.24) is 4.90 Å². The molecule has 2 aromatic rings. The zero-order chi connectivity index (χ0) is 21.0. The van der Waals surface area contributed by atoms with Crippen LogP contribution >= 0.6 is 11.8 Å². The van der Waals surface area contributed by atoms with E-state index >= 15 is 0 Å². The predicted octanol–water partition coefficient (Wildman–Crippen LogP) is 4.11. The molecule has 0 atom stereocenters. The number of aliphatic imine (C=N–C) groups is 1. The Morgan fingerprint density at radius 2 is 2.03 bits per heavy atom. The number of aromatic hydroxyl groups is 1. The third-order valence-corrected chi connectivity index (χ3v) is 5.11. The van der Waals surface area contributed by atoms with Gasteiger partial charge in [0.05, 0.1) is 22.8 Å². The molecule has 3 rings (SSSR count). The van der Waals surface area contributed by atoms with Gasteiger partial charge in [-0.15, -0.1) is 0 Å². The molecule has 0 aliphatic carbocycles. The molecule has 0 spiro atoms. The molecule has 150 valence electrons. The number of likely N-dealkylation sites (N-methyl/N-ethyl adjacent to an activating group) is 1. The first kappa shape index (κ1) is 20.5. The molecule has 1 heterocycles. The van der Waals surface area contributed by atoms with Gasteiger partial charge in [0, 0.05) is 6.54 Å². The van der Waals surface area contributed by atoms with Gasteiger partial charge < -0.3 is 14.9 Å². The van der Waals surface area contributed by atoms with Crippen molar-refractivity contribution in [2.75, 3.05) is 13.2 Å². The van der Waals surface area contributed by atoms with Gasteiger partial charge in [-0.3, -0.25) is 9.69 Å². The van der Waals surface area contributed by atoms with E-state index in [0.717, 1.165) is 0 Å². The first-order valence-electron chi connectivity index (χ1n) is 9.02. The molecule has 8 heteroatoms. The van der Waals surface area contributed by atoms with Gasteiger partial charge in [0.2, 0.25) is 0 Å². The van der Waals surface area contributed by atoms with Crippen LogP contribution in [0.3, 0.4) is 0 Å². The Labute approximate surface area is 172 Å². The Balaban J connectivity index is 1.93. The zero-order valence-corrected chi connectivity index (χ0v) is 16.8. The number of rotatable bonds is 6. The van der Waals surface area contributed by atoms with Gasteiger partial charge >= 0.3 is 5.97 Å². The molecule has 0 saturated carbocycles. The van der Waals surface area contributed by atoms with E-state index in [4.69, 9.17) is 9.84 Å². The number of amidine groups is 1. The summed E-state index contributed by atoms with van der Waals surface area (Å²) in [5, 5.41) is 19.5. The van der Waals surface area contributed by atoms with Crippen molar-refractivity contribution in [1.29, 1.82) is 0 Å². The Morgan fingerprint density at radius 3 is 2.72 bits per heavy atom. The quantitative estimate of drug-likeness (QED) is 0.693. The largest absolute Gasteiger partial charge is 0.504 e. The SMILES string of the molecule is CCOc1cc(/C=C2/SC(=Nc3cccc(C(=O)O)c3)N(CC)C2=O)ccc1O. The molecular weight excluding hydrogens is 392 g/mol. The second-order valence-electron chi connectivity index (χ2n) is 6.07. The van der Waals surface area contributed by atoms with Crippen molar-refractivity contribution in [2.45, 2.75) is 13.8 Å². The van der Waals surface area contributed by atoms with Crippen LogP contribution in [0.2, 0.25) is 0 Å². The van der Waals surface area contributed by atoms with E-state index in [0.29, 0.717) is 40.2 Å². The summed E-state index contributed by atoms with van der Waals surface area (Å²) in [5.41, 5.74) is 1.31. The van der Waals surface area contributed by atoms with Crippen LogP contribution < -0.4 is 4.74 Å². The number of amides is 1. The van der Waals surface area contributed by atoms with Gasteiger partial charge in [-0.25, -0.2) is 9.79 Å². The van der Waals surface area contributed by atoms with Crippen LogP contribution in [0.15, 0.2) is 52.4 Å². The number of thioether (sulfide) groups is 1. The van der Waals surface area contributed by atoms with E-state index in [1.54, 1.807) is 30.3 Å². The van der Waals surface area contributed by atoms with Gasteiger partial charge in [-0.2, -0.15) is 0 Å². The molecule has 1 fully saturated rings. The highest BCUT2D eigenvalue weighted by molar-refractivity contribution is 8.18. The topological polar surface area (TPSA) is 99.4 Å². The van der Waals surface area contributed by atoms with Crippen LogP contribution in [0, 0.1) is 0 Å². The minimum Gasteiger partial charge on any atom is -0.504 e. The van der Waals surface area contributed by atoms with Crippen LogP contribution in [0.1, 0.15) is 29.8 Å². The number of hydrogen-bond acceptors (Lipinski definition) is 6. The minimum atomic E-state index is -1.03. The average Bonchev–Trinajstić information content (AvgIpc) is 2.99. The number of phenols is 1. The number of carbonyl (C=O) groups is 2. The second-order valence-corrected chi connectivity index (χ2v) is 7.08. The predicted molar refractivity (Wildman–Crippen MR) is 113 cm³/mol. The summed E-state index contributed by atoms with van der Waals surface area (Å²) in [6.07, 6.45) is 1.72. The van der Waals surface area contributed by atoms with Crippen molar-refractivity contribution in [2.24, 2.45) is 4.99 Å². The number of carboxylic acid groups (broad SMARTS) is 1. The first-order valence-corrected chi connectivity index (χ1v) is 9.83. The molecule has 7 nitrogen and oxygen atoms in total. The summed E-state index contributed by atoms with van der Waals surface area (Å²) in [6.45, 7) is 4.51. The van der Waals surface area contributed by atoms with Crippen LogP contribution in [-0.2, 0) is 4.79 Å². The lowest BCUT2D eigenvalue weighted by molar-refractivity contribution is -0.122. The molecular formula is C21H20N2O5S. The molecule has 0 radical (unpaired) electrons. The summed E-state index contributed by atoms with van der Waals surface area (Å²) >= 11 is 1.22. The number of phenolic OH excluding ortho intramolecular Hbond substituents is 1. The van der Waals surface area contributed by atoms with Crippen molar-refractivity contribution in [3.05, 3.63) is 58.5 Å². The molecule has 29 heavy (non-hydrogen) atoms. The Bertz CT molecular complexity index is 1020. The van der Waals surface area contributed by atoms with E-state index in [9.17, 15) is 14.7 Å². The number of carboxylic acids is 1. The number of hydrogen-bond donors (Lipinski definition) is 2. The fraction of sp³-hybridized carbons (Fsp3) is 0.190. The molecule has 1 aliphatic rings. The Hall–Kier alpha value is -3.26. The molecule has 1 amide bonds. The maximum atomic E-state index is 12.8. The second kappa shape index (κ2) is 8.83. The van der Waals surface area contributed by atoms with Crippen LogP contribution in [-0.4, -0.2) is 45.3 Å². The highest BCUT2D eigenvalue weighted by Crippen LogP contribution is 2.35. The lowest BCUT2D eigenvalue weighted by atomic mass is 10.2.